The molecule has 13 heteroatoms. The summed E-state index contributed by atoms with van der Waals surface area (Å²) in [7, 11) is 3.70. The standard InChI is InChI=1S/C33H33F2N7O4/c1-40-13-15-41(16-14-40)12-5-17-45-32-20-26-23(19-31(32)44-2)29(10-11-36-26)46-30-9-8-22(18-25(30)35)37-33(43)27-21-42(39-38-27)28-7-4-3-6-24(28)34/h3-4,6-11,18-21H,5,12-17H2,1-2H3,(H,37,43). The Hall–Kier alpha value is -5.14. The van der Waals surface area contributed by atoms with Crippen LogP contribution in [0, 0.1) is 11.6 Å². The second-order valence-electron chi connectivity index (χ2n) is 10.9. The van der Waals surface area contributed by atoms with Crippen LogP contribution in [0.5, 0.6) is 23.0 Å². The third-order valence-corrected chi connectivity index (χ3v) is 7.69. The fraction of sp³-hybridized carbons (Fsp3) is 0.273. The number of carbonyl (C=O) groups is 1. The molecule has 0 unspecified atom stereocenters. The van der Waals surface area contributed by atoms with E-state index in [4.69, 9.17) is 14.2 Å². The number of nitrogens with zero attached hydrogens (tertiary/aromatic N) is 6. The van der Waals surface area contributed by atoms with Gasteiger partial charge in [-0.25, -0.2) is 13.5 Å². The first kappa shape index (κ1) is 30.9. The van der Waals surface area contributed by atoms with Gasteiger partial charge in [0.2, 0.25) is 0 Å². The topological polar surface area (TPSA) is 107 Å². The number of fused-ring (bicyclic) bond motifs is 1. The van der Waals surface area contributed by atoms with Crippen LogP contribution in [0.25, 0.3) is 16.6 Å². The second kappa shape index (κ2) is 13.9. The van der Waals surface area contributed by atoms with E-state index in [0.717, 1.165) is 49.9 Å². The number of hydrogen-bond acceptors (Lipinski definition) is 9. The number of para-hydroxylation sites is 1. The van der Waals surface area contributed by atoms with Gasteiger partial charge in [-0.1, -0.05) is 17.3 Å². The molecule has 0 aliphatic carbocycles. The summed E-state index contributed by atoms with van der Waals surface area (Å²) in [4.78, 5) is 21.9. The zero-order valence-electron chi connectivity index (χ0n) is 25.5. The van der Waals surface area contributed by atoms with Crippen molar-refractivity contribution in [3.63, 3.8) is 0 Å². The van der Waals surface area contributed by atoms with Gasteiger partial charge < -0.3 is 29.3 Å². The third kappa shape index (κ3) is 7.05. The fourth-order valence-corrected chi connectivity index (χ4v) is 5.13. The first-order valence-corrected chi connectivity index (χ1v) is 14.8. The van der Waals surface area contributed by atoms with Crippen molar-refractivity contribution in [3.05, 3.63) is 90.4 Å². The molecule has 1 aliphatic rings. The van der Waals surface area contributed by atoms with E-state index in [9.17, 15) is 9.18 Å². The van der Waals surface area contributed by atoms with Gasteiger partial charge in [-0.3, -0.25) is 9.78 Å². The smallest absolute Gasteiger partial charge is 0.277 e. The Kier molecular flexibility index (Phi) is 9.31. The van der Waals surface area contributed by atoms with Crippen LogP contribution in [-0.4, -0.2) is 89.2 Å². The number of hydrogen-bond donors (Lipinski definition) is 1. The third-order valence-electron chi connectivity index (χ3n) is 7.69. The van der Waals surface area contributed by atoms with Gasteiger partial charge in [0.25, 0.3) is 5.91 Å². The molecule has 1 saturated heterocycles. The molecule has 238 valence electrons. The number of amides is 1. The van der Waals surface area contributed by atoms with Crippen LogP contribution >= 0.6 is 0 Å². The molecule has 0 saturated carbocycles. The van der Waals surface area contributed by atoms with E-state index in [2.05, 4.69) is 37.5 Å². The van der Waals surface area contributed by atoms with Crippen LogP contribution in [0.1, 0.15) is 16.9 Å². The number of halogens is 2. The van der Waals surface area contributed by atoms with Gasteiger partial charge in [0.1, 0.15) is 17.3 Å². The number of ether oxygens (including phenoxy) is 3. The number of carbonyl (C=O) groups excluding carboxylic acids is 1. The molecular formula is C33H33F2N7O4. The quantitative estimate of drug-likeness (QED) is 0.198. The molecule has 1 N–H and O–H groups in total. The number of pyridine rings is 1. The number of rotatable bonds is 11. The maximum Gasteiger partial charge on any atom is 0.277 e. The number of methoxy groups -OCH3 is 1. The van der Waals surface area contributed by atoms with Crippen molar-refractivity contribution in [2.45, 2.75) is 6.42 Å². The molecule has 1 aliphatic heterocycles. The van der Waals surface area contributed by atoms with E-state index < -0.39 is 17.5 Å². The lowest BCUT2D eigenvalue weighted by Crippen LogP contribution is -2.44. The van der Waals surface area contributed by atoms with Crippen molar-refractivity contribution in [1.82, 2.24) is 29.8 Å². The van der Waals surface area contributed by atoms with Crippen molar-refractivity contribution in [2.24, 2.45) is 0 Å². The molecule has 5 aromatic rings. The average molecular weight is 630 g/mol. The van der Waals surface area contributed by atoms with Crippen LogP contribution in [0.3, 0.4) is 0 Å². The van der Waals surface area contributed by atoms with E-state index in [1.807, 2.05) is 0 Å². The van der Waals surface area contributed by atoms with Gasteiger partial charge in [0.15, 0.2) is 28.8 Å². The highest BCUT2D eigenvalue weighted by Crippen LogP contribution is 2.38. The Bertz CT molecular complexity index is 1840. The molecule has 3 heterocycles. The largest absolute Gasteiger partial charge is 0.493 e. The van der Waals surface area contributed by atoms with Crippen LogP contribution in [0.2, 0.25) is 0 Å². The maximum absolute atomic E-state index is 15.2. The second-order valence-corrected chi connectivity index (χ2v) is 10.9. The Balaban J connectivity index is 1.11. The number of likely N-dealkylation sites (N-methyl/N-ethyl adjacent to an activating group) is 1. The maximum atomic E-state index is 15.2. The Morgan fingerprint density at radius 2 is 1.76 bits per heavy atom. The SMILES string of the molecule is COc1cc2c(Oc3ccc(NC(=O)c4cn(-c5ccccc5F)nn4)cc3F)ccnc2cc1OCCCN1CCN(C)CC1. The lowest BCUT2D eigenvalue weighted by Gasteiger charge is -2.32. The molecular weight excluding hydrogens is 596 g/mol. The summed E-state index contributed by atoms with van der Waals surface area (Å²) in [6.45, 7) is 5.76. The molecule has 1 amide bonds. The van der Waals surface area contributed by atoms with Gasteiger partial charge in [-0.2, -0.15) is 0 Å². The lowest BCUT2D eigenvalue weighted by atomic mass is 10.1. The summed E-state index contributed by atoms with van der Waals surface area (Å²) in [5.74, 6) is -0.470. The van der Waals surface area contributed by atoms with Crippen molar-refractivity contribution >= 4 is 22.5 Å². The molecule has 6 rings (SSSR count). The predicted octanol–water partition coefficient (Wildman–Crippen LogP) is 5.16. The van der Waals surface area contributed by atoms with Crippen LogP contribution in [-0.2, 0) is 0 Å². The first-order chi connectivity index (χ1) is 22.4. The summed E-state index contributed by atoms with van der Waals surface area (Å²) in [6, 6.07) is 15.2. The summed E-state index contributed by atoms with van der Waals surface area (Å²) in [5, 5.41) is 10.8. The molecule has 0 atom stereocenters. The van der Waals surface area contributed by atoms with E-state index in [0.29, 0.717) is 34.8 Å². The zero-order valence-corrected chi connectivity index (χ0v) is 25.5. The summed E-state index contributed by atoms with van der Waals surface area (Å²) in [5.41, 5.74) is 0.842. The number of benzene rings is 3. The highest BCUT2D eigenvalue weighted by Gasteiger charge is 2.17. The minimum atomic E-state index is -0.704. The van der Waals surface area contributed by atoms with E-state index >= 15 is 4.39 Å². The predicted molar refractivity (Wildman–Crippen MR) is 168 cm³/mol. The molecule has 0 spiro atoms. The van der Waals surface area contributed by atoms with Crippen molar-refractivity contribution in [1.29, 1.82) is 0 Å². The van der Waals surface area contributed by atoms with Crippen LogP contribution in [0.4, 0.5) is 14.5 Å². The summed E-state index contributed by atoms with van der Waals surface area (Å²) in [6.07, 6.45) is 3.74. The average Bonchev–Trinajstić information content (AvgIpc) is 3.55. The zero-order chi connectivity index (χ0) is 32.0. The molecule has 0 bridgehead atoms. The van der Waals surface area contributed by atoms with Crippen molar-refractivity contribution in [3.8, 4) is 28.7 Å². The minimum absolute atomic E-state index is 0.0563. The highest BCUT2D eigenvalue weighted by molar-refractivity contribution is 6.02. The summed E-state index contributed by atoms with van der Waals surface area (Å²) < 4.78 is 48.0. The number of anilines is 1. The fourth-order valence-electron chi connectivity index (χ4n) is 5.13. The molecule has 1 fully saturated rings. The number of aromatic nitrogens is 4. The van der Waals surface area contributed by atoms with Crippen molar-refractivity contribution in [2.75, 3.05) is 58.8 Å². The van der Waals surface area contributed by atoms with Crippen LogP contribution in [0.15, 0.2) is 73.1 Å². The van der Waals surface area contributed by atoms with Gasteiger partial charge in [0.05, 0.1) is 25.4 Å². The molecule has 11 nitrogen and oxygen atoms in total. The minimum Gasteiger partial charge on any atom is -0.493 e. The van der Waals surface area contributed by atoms with Gasteiger partial charge in [-0.15, -0.1) is 5.10 Å². The Labute approximate surface area is 264 Å². The van der Waals surface area contributed by atoms with Gasteiger partial charge >= 0.3 is 0 Å². The monoisotopic (exact) mass is 629 g/mol. The van der Waals surface area contributed by atoms with Gasteiger partial charge in [0, 0.05) is 62.1 Å². The summed E-state index contributed by atoms with van der Waals surface area (Å²) >= 11 is 0. The van der Waals surface area contributed by atoms with Crippen molar-refractivity contribution < 1.29 is 27.8 Å². The van der Waals surface area contributed by atoms with E-state index in [1.54, 1.807) is 43.6 Å². The Morgan fingerprint density at radius 1 is 0.935 bits per heavy atom. The normalized spacial score (nSPS) is 13.9. The van der Waals surface area contributed by atoms with Crippen LogP contribution < -0.4 is 19.5 Å². The highest BCUT2D eigenvalue weighted by atomic mass is 19.1. The molecule has 2 aromatic heterocycles. The molecule has 3 aromatic carbocycles. The molecule has 0 radical (unpaired) electrons. The number of piperazine rings is 1. The number of nitrogens with one attached hydrogen (secondary N) is 1. The van der Waals surface area contributed by atoms with Gasteiger partial charge in [-0.05, 0) is 49.9 Å². The van der Waals surface area contributed by atoms with E-state index in [1.165, 1.54) is 30.5 Å². The lowest BCUT2D eigenvalue weighted by molar-refractivity contribution is 0.102. The first-order valence-electron chi connectivity index (χ1n) is 14.8. The molecule has 46 heavy (non-hydrogen) atoms. The Morgan fingerprint density at radius 3 is 2.54 bits per heavy atom. The van der Waals surface area contributed by atoms with E-state index in [-0.39, 0.29) is 22.8 Å².